The predicted molar refractivity (Wildman–Crippen MR) is 84.0 cm³/mol. The molecule has 0 aliphatic rings. The van der Waals surface area contributed by atoms with Crippen molar-refractivity contribution in [3.8, 4) is 0 Å². The van der Waals surface area contributed by atoms with E-state index < -0.39 is 79.5 Å². The van der Waals surface area contributed by atoms with Crippen LogP contribution in [0.2, 0.25) is 0 Å². The van der Waals surface area contributed by atoms with Crippen LogP contribution in [-0.2, 0) is 9.53 Å². The Bertz CT molecular complexity index is 616. The standard InChI is InChI=1S/C17H21F13O2/c1-4-11(2,3)10(31)32-9-7-5-6-8-12(15(22,23)24,16(25,26)27)13(18,19)14(20,21)17(28,29)30/h4-9H2,1-3H3. The van der Waals surface area contributed by atoms with Crippen LogP contribution in [0, 0.1) is 10.8 Å². The summed E-state index contributed by atoms with van der Waals surface area (Å²) in [5, 5.41) is 0. The normalized spacial score (nSPS) is 15.1. The van der Waals surface area contributed by atoms with Gasteiger partial charge in [-0.1, -0.05) is 19.8 Å². The quantitative estimate of drug-likeness (QED) is 0.175. The Morgan fingerprint density at radius 2 is 1.09 bits per heavy atom. The van der Waals surface area contributed by atoms with E-state index >= 15 is 0 Å². The van der Waals surface area contributed by atoms with Crippen LogP contribution in [0.1, 0.15) is 52.9 Å². The Morgan fingerprint density at radius 3 is 1.44 bits per heavy atom. The summed E-state index contributed by atoms with van der Waals surface area (Å²) in [6.07, 6.45) is -27.0. The van der Waals surface area contributed by atoms with Gasteiger partial charge in [0.25, 0.3) is 0 Å². The number of hydrogen-bond acceptors (Lipinski definition) is 2. The van der Waals surface area contributed by atoms with Crippen molar-refractivity contribution in [3.05, 3.63) is 0 Å². The first kappa shape index (κ1) is 30.6. The van der Waals surface area contributed by atoms with Gasteiger partial charge in [0, 0.05) is 0 Å². The summed E-state index contributed by atoms with van der Waals surface area (Å²) in [7, 11) is 0. The molecule has 192 valence electrons. The average Bonchev–Trinajstić information content (AvgIpc) is 2.56. The van der Waals surface area contributed by atoms with Gasteiger partial charge in [-0.25, -0.2) is 0 Å². The number of carbonyl (C=O) groups excluding carboxylic acids is 1. The first-order valence-electron chi connectivity index (χ1n) is 9.07. The van der Waals surface area contributed by atoms with Gasteiger partial charge in [0.2, 0.25) is 5.41 Å². The zero-order chi connectivity index (χ0) is 26.0. The van der Waals surface area contributed by atoms with E-state index in [1.807, 2.05) is 0 Å². The van der Waals surface area contributed by atoms with Gasteiger partial charge < -0.3 is 4.74 Å². The fraction of sp³-hybridized carbons (Fsp3) is 0.941. The Balaban J connectivity index is 5.75. The number of rotatable bonds is 10. The van der Waals surface area contributed by atoms with Gasteiger partial charge in [0.05, 0.1) is 12.0 Å². The third-order valence-electron chi connectivity index (χ3n) is 5.12. The molecule has 0 saturated carbocycles. The molecule has 32 heavy (non-hydrogen) atoms. The maximum Gasteiger partial charge on any atom is 0.459 e. The first-order chi connectivity index (χ1) is 13.9. The molecule has 0 rings (SSSR count). The molecule has 0 aliphatic carbocycles. The highest BCUT2D eigenvalue weighted by molar-refractivity contribution is 5.75. The van der Waals surface area contributed by atoms with E-state index in [1.165, 1.54) is 13.8 Å². The fourth-order valence-corrected chi connectivity index (χ4v) is 2.58. The number of halogens is 13. The smallest absolute Gasteiger partial charge is 0.459 e. The second-order valence-corrected chi connectivity index (χ2v) is 7.73. The first-order valence-corrected chi connectivity index (χ1v) is 9.07. The Kier molecular flexibility index (Phi) is 9.01. The van der Waals surface area contributed by atoms with Crippen LogP contribution in [0.5, 0.6) is 0 Å². The van der Waals surface area contributed by atoms with Crippen molar-refractivity contribution in [3.63, 3.8) is 0 Å². The minimum atomic E-state index is -7.63. The van der Waals surface area contributed by atoms with Crippen LogP contribution in [-0.4, -0.2) is 43.0 Å². The number of hydrogen-bond donors (Lipinski definition) is 0. The summed E-state index contributed by atoms with van der Waals surface area (Å²) in [4.78, 5) is 11.7. The molecule has 0 fully saturated rings. The lowest BCUT2D eigenvalue weighted by molar-refractivity contribution is -0.461. The zero-order valence-electron chi connectivity index (χ0n) is 17.0. The molecule has 0 saturated heterocycles. The fourth-order valence-electron chi connectivity index (χ4n) is 2.58. The molecule has 0 amide bonds. The van der Waals surface area contributed by atoms with Crippen LogP contribution < -0.4 is 0 Å². The largest absolute Gasteiger partial charge is 0.465 e. The maximum atomic E-state index is 13.9. The molecule has 0 aliphatic heterocycles. The van der Waals surface area contributed by atoms with Crippen molar-refractivity contribution >= 4 is 5.97 Å². The molecule has 0 atom stereocenters. The van der Waals surface area contributed by atoms with E-state index in [2.05, 4.69) is 0 Å². The van der Waals surface area contributed by atoms with Crippen LogP contribution in [0.3, 0.4) is 0 Å². The summed E-state index contributed by atoms with van der Waals surface area (Å²) in [5.41, 5.74) is -7.64. The van der Waals surface area contributed by atoms with E-state index in [-0.39, 0.29) is 0 Å². The number of esters is 1. The minimum Gasteiger partial charge on any atom is -0.465 e. The lowest BCUT2D eigenvalue weighted by atomic mass is 9.72. The maximum absolute atomic E-state index is 13.9. The van der Waals surface area contributed by atoms with E-state index in [0.717, 1.165) is 0 Å². The lowest BCUT2D eigenvalue weighted by Gasteiger charge is -2.45. The van der Waals surface area contributed by atoms with E-state index in [9.17, 15) is 61.9 Å². The van der Waals surface area contributed by atoms with Crippen molar-refractivity contribution in [1.82, 2.24) is 0 Å². The van der Waals surface area contributed by atoms with Crippen molar-refractivity contribution in [2.75, 3.05) is 6.61 Å². The Labute approximate surface area is 174 Å². The van der Waals surface area contributed by atoms with Gasteiger partial charge in [-0.05, 0) is 33.1 Å². The Morgan fingerprint density at radius 1 is 0.656 bits per heavy atom. The van der Waals surface area contributed by atoms with E-state index in [1.54, 1.807) is 6.92 Å². The highest BCUT2D eigenvalue weighted by Gasteiger charge is 2.91. The van der Waals surface area contributed by atoms with E-state index in [0.29, 0.717) is 6.42 Å². The van der Waals surface area contributed by atoms with Crippen LogP contribution >= 0.6 is 0 Å². The monoisotopic (exact) mass is 504 g/mol. The summed E-state index contributed by atoms with van der Waals surface area (Å²) in [6.45, 7) is 4.02. The molecule has 0 radical (unpaired) electrons. The third kappa shape index (κ3) is 5.54. The molecule has 0 aromatic rings. The number of carbonyl (C=O) groups is 1. The number of unbranched alkanes of at least 4 members (excludes halogenated alkanes) is 2. The van der Waals surface area contributed by atoms with Gasteiger partial charge in [-0.3, -0.25) is 4.79 Å². The molecular weight excluding hydrogens is 483 g/mol. The highest BCUT2D eigenvalue weighted by atomic mass is 19.4. The lowest BCUT2D eigenvalue weighted by Crippen LogP contribution is -2.70. The summed E-state index contributed by atoms with van der Waals surface area (Å²) in [5.74, 6) is -16.0. The van der Waals surface area contributed by atoms with Crippen molar-refractivity contribution in [2.45, 2.75) is 83.2 Å². The number of ether oxygens (including phenoxy) is 1. The SMILES string of the molecule is CCC(C)(C)C(=O)OCCCCCC(C(F)(F)F)(C(F)(F)F)C(F)(F)C(F)(F)C(F)(F)F. The van der Waals surface area contributed by atoms with Gasteiger partial charge >= 0.3 is 36.3 Å². The van der Waals surface area contributed by atoms with Crippen molar-refractivity contribution in [1.29, 1.82) is 0 Å². The molecule has 0 bridgehead atoms. The second kappa shape index (κ2) is 9.43. The average molecular weight is 504 g/mol. The predicted octanol–water partition coefficient (Wildman–Crippen LogP) is 7.47. The molecular formula is C17H21F13O2. The van der Waals surface area contributed by atoms with Gasteiger partial charge in [-0.2, -0.15) is 57.1 Å². The second-order valence-electron chi connectivity index (χ2n) is 7.73. The molecule has 0 aromatic carbocycles. The van der Waals surface area contributed by atoms with E-state index in [4.69, 9.17) is 4.74 Å². The Hall–Kier alpha value is -1.44. The van der Waals surface area contributed by atoms with Crippen molar-refractivity contribution < 1.29 is 66.6 Å². The molecule has 0 aromatic heterocycles. The molecule has 0 heterocycles. The minimum absolute atomic E-state index is 0.314. The molecule has 0 unspecified atom stereocenters. The zero-order valence-corrected chi connectivity index (χ0v) is 17.0. The van der Waals surface area contributed by atoms with Crippen molar-refractivity contribution in [2.24, 2.45) is 10.8 Å². The number of alkyl halides is 13. The van der Waals surface area contributed by atoms with Gasteiger partial charge in [0.1, 0.15) is 0 Å². The summed E-state index contributed by atoms with van der Waals surface area (Å²) >= 11 is 0. The molecule has 0 N–H and O–H groups in total. The van der Waals surface area contributed by atoms with Gasteiger partial charge in [-0.15, -0.1) is 0 Å². The van der Waals surface area contributed by atoms with Crippen LogP contribution in [0.15, 0.2) is 0 Å². The van der Waals surface area contributed by atoms with Crippen LogP contribution in [0.25, 0.3) is 0 Å². The molecule has 0 spiro atoms. The van der Waals surface area contributed by atoms with Gasteiger partial charge in [0.15, 0.2) is 0 Å². The highest BCUT2D eigenvalue weighted by Crippen LogP contribution is 2.67. The molecule has 2 nitrogen and oxygen atoms in total. The summed E-state index contributed by atoms with van der Waals surface area (Å²) < 4.78 is 175. The summed E-state index contributed by atoms with van der Waals surface area (Å²) in [6, 6.07) is 0. The third-order valence-corrected chi connectivity index (χ3v) is 5.12. The topological polar surface area (TPSA) is 26.3 Å². The van der Waals surface area contributed by atoms with Crippen LogP contribution in [0.4, 0.5) is 57.1 Å². The molecule has 15 heteroatoms.